The second-order valence-electron chi connectivity index (χ2n) is 5.71. The van der Waals surface area contributed by atoms with Crippen molar-refractivity contribution in [1.82, 2.24) is 10.2 Å². The van der Waals surface area contributed by atoms with E-state index in [1.165, 1.54) is 5.56 Å². The van der Waals surface area contributed by atoms with Crippen molar-refractivity contribution in [2.45, 2.75) is 32.2 Å². The first-order chi connectivity index (χ1) is 9.56. The van der Waals surface area contributed by atoms with Crippen LogP contribution in [0.3, 0.4) is 0 Å². The van der Waals surface area contributed by atoms with Crippen LogP contribution < -0.4 is 5.32 Å². The van der Waals surface area contributed by atoms with Gasteiger partial charge in [-0.2, -0.15) is 0 Å². The molecule has 1 aromatic carbocycles. The molecule has 1 aliphatic heterocycles. The van der Waals surface area contributed by atoms with Gasteiger partial charge in [-0.05, 0) is 50.4 Å². The Morgan fingerprint density at radius 1 is 1.38 bits per heavy atom. The summed E-state index contributed by atoms with van der Waals surface area (Å²) < 4.78 is 0. The van der Waals surface area contributed by atoms with Gasteiger partial charge in [-0.1, -0.05) is 23.7 Å². The number of hydrogen-bond acceptors (Lipinski definition) is 2. The summed E-state index contributed by atoms with van der Waals surface area (Å²) in [6, 6.07) is 8.28. The summed E-state index contributed by atoms with van der Waals surface area (Å²) >= 11 is 5.87. The number of piperidine rings is 1. The van der Waals surface area contributed by atoms with Gasteiger partial charge in [0.25, 0.3) is 0 Å². The van der Waals surface area contributed by atoms with E-state index < -0.39 is 0 Å². The van der Waals surface area contributed by atoms with Crippen LogP contribution in [0.25, 0.3) is 0 Å². The molecule has 1 N–H and O–H groups in total. The molecule has 0 bridgehead atoms. The molecule has 1 fully saturated rings. The third-order valence-corrected chi connectivity index (χ3v) is 4.25. The van der Waals surface area contributed by atoms with Gasteiger partial charge < -0.3 is 10.2 Å². The lowest BCUT2D eigenvalue weighted by Crippen LogP contribution is -2.43. The molecule has 3 nitrogen and oxygen atoms in total. The zero-order chi connectivity index (χ0) is 14.5. The molecule has 0 saturated carbocycles. The van der Waals surface area contributed by atoms with Crippen molar-refractivity contribution < 1.29 is 4.79 Å². The van der Waals surface area contributed by atoms with Crippen molar-refractivity contribution in [3.63, 3.8) is 0 Å². The Balaban J connectivity index is 0.00000220. The van der Waals surface area contributed by atoms with Gasteiger partial charge in [-0.15, -0.1) is 12.4 Å². The maximum atomic E-state index is 12.4. The van der Waals surface area contributed by atoms with E-state index in [0.29, 0.717) is 6.04 Å². The highest BCUT2D eigenvalue weighted by atomic mass is 35.5. The van der Waals surface area contributed by atoms with Gasteiger partial charge >= 0.3 is 0 Å². The lowest BCUT2D eigenvalue weighted by atomic mass is 9.92. The molecule has 2 rings (SSSR count). The first-order valence-corrected chi connectivity index (χ1v) is 7.67. The lowest BCUT2D eigenvalue weighted by molar-refractivity contribution is -0.135. The minimum atomic E-state index is 0. The van der Waals surface area contributed by atoms with E-state index in [1.807, 2.05) is 36.2 Å². The zero-order valence-electron chi connectivity index (χ0n) is 12.6. The van der Waals surface area contributed by atoms with E-state index in [1.54, 1.807) is 0 Å². The van der Waals surface area contributed by atoms with Gasteiger partial charge in [0.1, 0.15) is 0 Å². The van der Waals surface area contributed by atoms with Crippen LogP contribution in [0.15, 0.2) is 24.3 Å². The molecule has 0 radical (unpaired) electrons. The molecule has 0 spiro atoms. The van der Waals surface area contributed by atoms with Gasteiger partial charge in [0.05, 0.1) is 0 Å². The molecular formula is C16H24Cl2N2O. The monoisotopic (exact) mass is 330 g/mol. The van der Waals surface area contributed by atoms with Crippen molar-refractivity contribution in [1.29, 1.82) is 0 Å². The number of carbonyl (C=O) groups excluding carboxylic acids is 1. The summed E-state index contributed by atoms with van der Waals surface area (Å²) in [7, 11) is 1.91. The molecule has 1 heterocycles. The van der Waals surface area contributed by atoms with Crippen LogP contribution in [-0.4, -0.2) is 37.0 Å². The van der Waals surface area contributed by atoms with Crippen LogP contribution >= 0.6 is 24.0 Å². The molecule has 118 valence electrons. The topological polar surface area (TPSA) is 32.3 Å². The number of nitrogens with one attached hydrogen (secondary N) is 1. The summed E-state index contributed by atoms with van der Waals surface area (Å²) in [5.74, 6) is 0.466. The summed E-state index contributed by atoms with van der Waals surface area (Å²) in [5.41, 5.74) is 1.22. The van der Waals surface area contributed by atoms with E-state index in [0.717, 1.165) is 37.4 Å². The van der Waals surface area contributed by atoms with Crippen molar-refractivity contribution in [3.05, 3.63) is 34.9 Å². The molecule has 0 aliphatic carbocycles. The molecule has 1 aliphatic rings. The minimum absolute atomic E-state index is 0. The Morgan fingerprint density at radius 2 is 2.05 bits per heavy atom. The van der Waals surface area contributed by atoms with Crippen molar-refractivity contribution >= 4 is 29.9 Å². The van der Waals surface area contributed by atoms with Gasteiger partial charge in [0.2, 0.25) is 5.91 Å². The van der Waals surface area contributed by atoms with Crippen molar-refractivity contribution in [2.24, 2.45) is 5.92 Å². The SMILES string of the molecule is C[C@H]1C[C@@H](C(=O)N(C)CCc2ccc(Cl)cc2)CCN1.Cl. The van der Waals surface area contributed by atoms with E-state index in [-0.39, 0.29) is 24.2 Å². The lowest BCUT2D eigenvalue weighted by Gasteiger charge is -2.30. The second-order valence-corrected chi connectivity index (χ2v) is 6.15. The molecule has 0 unspecified atom stereocenters. The molecule has 2 atom stereocenters. The normalized spacial score (nSPS) is 21.5. The Morgan fingerprint density at radius 3 is 2.67 bits per heavy atom. The number of hydrogen-bond donors (Lipinski definition) is 1. The van der Waals surface area contributed by atoms with E-state index in [4.69, 9.17) is 11.6 Å². The maximum absolute atomic E-state index is 12.4. The highest BCUT2D eigenvalue weighted by Gasteiger charge is 2.26. The van der Waals surface area contributed by atoms with Crippen molar-refractivity contribution in [2.75, 3.05) is 20.1 Å². The van der Waals surface area contributed by atoms with E-state index in [2.05, 4.69) is 12.2 Å². The van der Waals surface area contributed by atoms with Crippen LogP contribution in [-0.2, 0) is 11.2 Å². The number of rotatable bonds is 4. The Hall–Kier alpha value is -0.770. The summed E-state index contributed by atoms with van der Waals surface area (Å²) in [6.07, 6.45) is 2.78. The van der Waals surface area contributed by atoms with Gasteiger partial charge in [0, 0.05) is 30.6 Å². The van der Waals surface area contributed by atoms with E-state index >= 15 is 0 Å². The van der Waals surface area contributed by atoms with Crippen LogP contribution in [0, 0.1) is 5.92 Å². The molecular weight excluding hydrogens is 307 g/mol. The highest BCUT2D eigenvalue weighted by Crippen LogP contribution is 2.18. The predicted molar refractivity (Wildman–Crippen MR) is 90.2 cm³/mol. The Kier molecular flexibility index (Phi) is 7.50. The fourth-order valence-corrected chi connectivity index (χ4v) is 2.85. The quantitative estimate of drug-likeness (QED) is 0.919. The fourth-order valence-electron chi connectivity index (χ4n) is 2.73. The minimum Gasteiger partial charge on any atom is -0.345 e. The number of carbonyl (C=O) groups is 1. The zero-order valence-corrected chi connectivity index (χ0v) is 14.2. The average Bonchev–Trinajstić information content (AvgIpc) is 2.45. The van der Waals surface area contributed by atoms with E-state index in [9.17, 15) is 4.79 Å². The van der Waals surface area contributed by atoms with Crippen LogP contribution in [0.2, 0.25) is 5.02 Å². The molecule has 1 saturated heterocycles. The first-order valence-electron chi connectivity index (χ1n) is 7.29. The Bertz CT molecular complexity index is 450. The highest BCUT2D eigenvalue weighted by molar-refractivity contribution is 6.30. The first kappa shape index (κ1) is 18.3. The number of benzene rings is 1. The fraction of sp³-hybridized carbons (Fsp3) is 0.562. The second kappa shape index (κ2) is 8.62. The van der Waals surface area contributed by atoms with Crippen LogP contribution in [0.1, 0.15) is 25.3 Å². The van der Waals surface area contributed by atoms with Gasteiger partial charge in [-0.3, -0.25) is 4.79 Å². The predicted octanol–water partition coefficient (Wildman–Crippen LogP) is 3.15. The third-order valence-electron chi connectivity index (χ3n) is 4.00. The summed E-state index contributed by atoms with van der Waals surface area (Å²) in [6.45, 7) is 3.86. The standard InChI is InChI=1S/C16H23ClN2O.ClH/c1-12-11-14(7-9-18-12)16(20)19(2)10-8-13-3-5-15(17)6-4-13;/h3-6,12,14,18H,7-11H2,1-2H3;1H/t12-,14-;/m0./s1. The average molecular weight is 331 g/mol. The number of amides is 1. The van der Waals surface area contributed by atoms with Gasteiger partial charge in [0.15, 0.2) is 0 Å². The van der Waals surface area contributed by atoms with Crippen LogP contribution in [0.4, 0.5) is 0 Å². The molecule has 5 heteroatoms. The largest absolute Gasteiger partial charge is 0.345 e. The molecule has 21 heavy (non-hydrogen) atoms. The smallest absolute Gasteiger partial charge is 0.225 e. The summed E-state index contributed by atoms with van der Waals surface area (Å²) in [5, 5.41) is 4.14. The number of likely N-dealkylation sites (N-methyl/N-ethyl adjacent to an activating group) is 1. The number of halogens is 2. The molecule has 1 aromatic rings. The van der Waals surface area contributed by atoms with Gasteiger partial charge in [-0.25, -0.2) is 0 Å². The molecule has 1 amide bonds. The third kappa shape index (κ3) is 5.50. The van der Waals surface area contributed by atoms with Crippen LogP contribution in [0.5, 0.6) is 0 Å². The summed E-state index contributed by atoms with van der Waals surface area (Å²) in [4.78, 5) is 14.3. The van der Waals surface area contributed by atoms with Crippen molar-refractivity contribution in [3.8, 4) is 0 Å². The Labute approximate surface area is 138 Å². The maximum Gasteiger partial charge on any atom is 0.225 e. The number of nitrogens with zero attached hydrogens (tertiary/aromatic N) is 1. The molecule has 0 aromatic heterocycles.